The fourth-order valence-corrected chi connectivity index (χ4v) is 1.69. The highest BCUT2D eigenvalue weighted by atomic mass is 19.1. The van der Waals surface area contributed by atoms with Crippen molar-refractivity contribution in [2.75, 3.05) is 0 Å². The summed E-state index contributed by atoms with van der Waals surface area (Å²) >= 11 is 0. The molecule has 0 bridgehead atoms. The maximum Gasteiger partial charge on any atom is 0.150 e. The molecular formula is C13H13FN2O. The maximum atomic E-state index is 13.6. The van der Waals surface area contributed by atoms with Crippen molar-refractivity contribution in [3.8, 4) is 11.1 Å². The molecule has 0 atom stereocenters. The average molecular weight is 232 g/mol. The molecule has 3 nitrogen and oxygen atoms in total. The van der Waals surface area contributed by atoms with Gasteiger partial charge in [0.25, 0.3) is 0 Å². The Kier molecular flexibility index (Phi) is 3.32. The van der Waals surface area contributed by atoms with Gasteiger partial charge in [-0.2, -0.15) is 5.10 Å². The van der Waals surface area contributed by atoms with Crippen molar-refractivity contribution in [1.82, 2.24) is 9.78 Å². The van der Waals surface area contributed by atoms with Gasteiger partial charge in [-0.1, -0.05) is 6.92 Å². The maximum absolute atomic E-state index is 13.6. The molecular weight excluding hydrogens is 219 g/mol. The van der Waals surface area contributed by atoms with Crippen LogP contribution in [0.2, 0.25) is 0 Å². The van der Waals surface area contributed by atoms with Crippen molar-refractivity contribution >= 4 is 6.29 Å². The predicted molar refractivity (Wildman–Crippen MR) is 63.3 cm³/mol. The molecule has 1 heterocycles. The van der Waals surface area contributed by atoms with Gasteiger partial charge in [-0.05, 0) is 24.6 Å². The molecule has 0 saturated heterocycles. The van der Waals surface area contributed by atoms with E-state index < -0.39 is 0 Å². The summed E-state index contributed by atoms with van der Waals surface area (Å²) < 4.78 is 15.4. The topological polar surface area (TPSA) is 34.9 Å². The van der Waals surface area contributed by atoms with E-state index in [0.717, 1.165) is 13.0 Å². The van der Waals surface area contributed by atoms with Gasteiger partial charge in [0.15, 0.2) is 0 Å². The van der Waals surface area contributed by atoms with E-state index in [1.807, 2.05) is 0 Å². The number of carbonyl (C=O) groups excluding carboxylic acids is 1. The minimum Gasteiger partial charge on any atom is -0.298 e. The number of hydrogen-bond donors (Lipinski definition) is 0. The van der Waals surface area contributed by atoms with Gasteiger partial charge < -0.3 is 0 Å². The Balaban J connectivity index is 2.40. The largest absolute Gasteiger partial charge is 0.298 e. The van der Waals surface area contributed by atoms with Gasteiger partial charge in [-0.3, -0.25) is 9.48 Å². The highest BCUT2D eigenvalue weighted by Crippen LogP contribution is 2.23. The standard InChI is InChI=1S/C13H13FN2O/c1-2-5-16-8-11(7-15-16)12-6-10(9-17)3-4-13(12)14/h3-4,6-9H,2,5H2,1H3. The molecule has 1 aromatic carbocycles. The Morgan fingerprint density at radius 1 is 1.47 bits per heavy atom. The molecule has 0 aliphatic rings. The quantitative estimate of drug-likeness (QED) is 0.760. The van der Waals surface area contributed by atoms with Crippen LogP contribution in [0, 0.1) is 5.82 Å². The Bertz CT molecular complexity index is 534. The number of carbonyl (C=O) groups is 1. The van der Waals surface area contributed by atoms with E-state index in [2.05, 4.69) is 12.0 Å². The third kappa shape index (κ3) is 2.41. The van der Waals surface area contributed by atoms with Gasteiger partial charge in [-0.15, -0.1) is 0 Å². The zero-order valence-electron chi connectivity index (χ0n) is 9.56. The molecule has 0 aliphatic heterocycles. The molecule has 0 unspecified atom stereocenters. The average Bonchev–Trinajstić information content (AvgIpc) is 2.79. The van der Waals surface area contributed by atoms with Crippen LogP contribution in [0.25, 0.3) is 11.1 Å². The third-order valence-electron chi connectivity index (χ3n) is 2.52. The van der Waals surface area contributed by atoms with E-state index in [9.17, 15) is 9.18 Å². The van der Waals surface area contributed by atoms with Crippen molar-refractivity contribution in [2.45, 2.75) is 19.9 Å². The van der Waals surface area contributed by atoms with Crippen molar-refractivity contribution in [2.24, 2.45) is 0 Å². The summed E-state index contributed by atoms with van der Waals surface area (Å²) in [5.74, 6) is -0.341. The van der Waals surface area contributed by atoms with Crippen LogP contribution in [0.3, 0.4) is 0 Å². The monoisotopic (exact) mass is 232 g/mol. The molecule has 88 valence electrons. The van der Waals surface area contributed by atoms with Crippen LogP contribution in [-0.4, -0.2) is 16.1 Å². The molecule has 0 fully saturated rings. The third-order valence-corrected chi connectivity index (χ3v) is 2.52. The van der Waals surface area contributed by atoms with Crippen molar-refractivity contribution in [3.63, 3.8) is 0 Å². The molecule has 0 saturated carbocycles. The van der Waals surface area contributed by atoms with Gasteiger partial charge in [0.2, 0.25) is 0 Å². The lowest BCUT2D eigenvalue weighted by Crippen LogP contribution is -1.95. The summed E-state index contributed by atoms with van der Waals surface area (Å²) in [4.78, 5) is 10.7. The van der Waals surface area contributed by atoms with E-state index in [1.165, 1.54) is 18.2 Å². The molecule has 0 aliphatic carbocycles. The number of aromatic nitrogens is 2. The lowest BCUT2D eigenvalue weighted by molar-refractivity contribution is 0.112. The second-order valence-electron chi connectivity index (χ2n) is 3.85. The second-order valence-corrected chi connectivity index (χ2v) is 3.85. The van der Waals surface area contributed by atoms with Gasteiger partial charge in [0, 0.05) is 29.4 Å². The highest BCUT2D eigenvalue weighted by Gasteiger charge is 2.08. The highest BCUT2D eigenvalue weighted by molar-refractivity contribution is 5.78. The zero-order valence-corrected chi connectivity index (χ0v) is 9.56. The first-order valence-electron chi connectivity index (χ1n) is 5.52. The van der Waals surface area contributed by atoms with Crippen molar-refractivity contribution in [1.29, 1.82) is 0 Å². The Hall–Kier alpha value is -1.97. The molecule has 17 heavy (non-hydrogen) atoms. The number of aryl methyl sites for hydroxylation is 1. The number of nitrogens with zero attached hydrogens (tertiary/aromatic N) is 2. The molecule has 4 heteroatoms. The Morgan fingerprint density at radius 3 is 3.00 bits per heavy atom. The van der Waals surface area contributed by atoms with Crippen LogP contribution in [-0.2, 0) is 6.54 Å². The molecule has 2 aromatic rings. The number of halogens is 1. The van der Waals surface area contributed by atoms with Gasteiger partial charge in [0.05, 0.1) is 6.20 Å². The summed E-state index contributed by atoms with van der Waals surface area (Å²) in [6.07, 6.45) is 5.08. The van der Waals surface area contributed by atoms with Gasteiger partial charge in [-0.25, -0.2) is 4.39 Å². The summed E-state index contributed by atoms with van der Waals surface area (Å²) in [5, 5.41) is 4.14. The number of aldehydes is 1. The first-order valence-corrected chi connectivity index (χ1v) is 5.52. The predicted octanol–water partition coefficient (Wildman–Crippen LogP) is 2.91. The van der Waals surface area contributed by atoms with E-state index in [0.29, 0.717) is 23.0 Å². The fraction of sp³-hybridized carbons (Fsp3) is 0.231. The van der Waals surface area contributed by atoms with E-state index in [1.54, 1.807) is 17.1 Å². The zero-order chi connectivity index (χ0) is 12.3. The lowest BCUT2D eigenvalue weighted by Gasteiger charge is -2.01. The van der Waals surface area contributed by atoms with Crippen LogP contribution in [0.15, 0.2) is 30.6 Å². The summed E-state index contributed by atoms with van der Waals surface area (Å²) in [5.41, 5.74) is 1.57. The van der Waals surface area contributed by atoms with Crippen LogP contribution in [0.5, 0.6) is 0 Å². The van der Waals surface area contributed by atoms with Gasteiger partial charge >= 0.3 is 0 Å². The second kappa shape index (κ2) is 4.91. The minimum absolute atomic E-state index is 0.341. The van der Waals surface area contributed by atoms with Crippen LogP contribution in [0.1, 0.15) is 23.7 Å². The van der Waals surface area contributed by atoms with E-state index >= 15 is 0 Å². The number of hydrogen-bond acceptors (Lipinski definition) is 2. The summed E-state index contributed by atoms with van der Waals surface area (Å²) in [6, 6.07) is 4.30. The smallest absolute Gasteiger partial charge is 0.150 e. The molecule has 0 N–H and O–H groups in total. The number of rotatable bonds is 4. The lowest BCUT2D eigenvalue weighted by atomic mass is 10.1. The first kappa shape index (κ1) is 11.5. The molecule has 1 aromatic heterocycles. The van der Waals surface area contributed by atoms with Crippen LogP contribution >= 0.6 is 0 Å². The number of benzene rings is 1. The van der Waals surface area contributed by atoms with E-state index in [4.69, 9.17) is 0 Å². The molecule has 0 radical (unpaired) electrons. The summed E-state index contributed by atoms with van der Waals surface area (Å²) in [6.45, 7) is 2.85. The Morgan fingerprint density at radius 2 is 2.29 bits per heavy atom. The van der Waals surface area contributed by atoms with Crippen LogP contribution in [0.4, 0.5) is 4.39 Å². The van der Waals surface area contributed by atoms with Crippen molar-refractivity contribution in [3.05, 3.63) is 42.0 Å². The normalized spacial score (nSPS) is 10.5. The molecule has 2 rings (SSSR count). The Labute approximate surface area is 98.9 Å². The van der Waals surface area contributed by atoms with E-state index in [-0.39, 0.29) is 5.82 Å². The van der Waals surface area contributed by atoms with Crippen molar-refractivity contribution < 1.29 is 9.18 Å². The summed E-state index contributed by atoms with van der Waals surface area (Å²) in [7, 11) is 0. The SMILES string of the molecule is CCCn1cc(-c2cc(C=O)ccc2F)cn1. The minimum atomic E-state index is -0.341. The molecule has 0 spiro atoms. The molecule has 0 amide bonds. The first-order chi connectivity index (χ1) is 8.24. The van der Waals surface area contributed by atoms with Crippen LogP contribution < -0.4 is 0 Å². The fourth-order valence-electron chi connectivity index (χ4n) is 1.69. The van der Waals surface area contributed by atoms with Gasteiger partial charge in [0.1, 0.15) is 12.1 Å².